The van der Waals surface area contributed by atoms with Crippen LogP contribution in [0.15, 0.2) is 42.5 Å². The molecule has 6 heteroatoms. The summed E-state index contributed by atoms with van der Waals surface area (Å²) in [6.07, 6.45) is 0. The highest BCUT2D eigenvalue weighted by Gasteiger charge is 2.16. The molecule has 0 atom stereocenters. The largest absolute Gasteiger partial charge is 0.761 e. The van der Waals surface area contributed by atoms with E-state index in [-0.39, 0.29) is 4.99 Å². The minimum absolute atomic E-state index is 0.182. The molecule has 108 valence electrons. The monoisotopic (exact) mass is 301 g/mol. The van der Waals surface area contributed by atoms with Crippen molar-refractivity contribution in [3.63, 3.8) is 0 Å². The summed E-state index contributed by atoms with van der Waals surface area (Å²) < 4.78 is 4.79. The van der Waals surface area contributed by atoms with Crippen molar-refractivity contribution < 1.29 is 9.53 Å². The van der Waals surface area contributed by atoms with Gasteiger partial charge in [-0.1, -0.05) is 42.5 Å². The minimum atomic E-state index is -0.524. The second-order valence-corrected chi connectivity index (χ2v) is 4.70. The van der Waals surface area contributed by atoms with Crippen LogP contribution in [0.5, 0.6) is 0 Å². The van der Waals surface area contributed by atoms with E-state index in [0.29, 0.717) is 27.9 Å². The molecule has 0 heterocycles. The van der Waals surface area contributed by atoms with Crippen molar-refractivity contribution in [3.05, 3.63) is 58.8 Å². The number of carbonyl (C=O) groups excluding carboxylic acids is 1. The Kier molecular flexibility index (Phi) is 4.52. The maximum Gasteiger partial charge on any atom is 0.338 e. The maximum absolute atomic E-state index is 12.0. The molecule has 0 saturated heterocycles. The molecule has 2 aromatic rings. The van der Waals surface area contributed by atoms with E-state index >= 15 is 0 Å². The van der Waals surface area contributed by atoms with Gasteiger partial charge >= 0.3 is 5.97 Å². The van der Waals surface area contributed by atoms with E-state index in [1.54, 1.807) is 42.5 Å². The van der Waals surface area contributed by atoms with E-state index in [4.69, 9.17) is 22.7 Å². The highest BCUT2D eigenvalue weighted by Crippen LogP contribution is 2.31. The van der Waals surface area contributed by atoms with Gasteiger partial charge in [-0.25, -0.2) is 4.79 Å². The first kappa shape index (κ1) is 15.0. The third-order valence-electron chi connectivity index (χ3n) is 3.04. The Hall–Kier alpha value is -2.44. The fraction of sp³-hybridized carbons (Fsp3) is 0.0667. The average molecular weight is 301 g/mol. The second-order valence-electron chi connectivity index (χ2n) is 4.26. The van der Waals surface area contributed by atoms with Crippen molar-refractivity contribution in [3.8, 4) is 11.1 Å². The van der Waals surface area contributed by atoms with Crippen LogP contribution in [0, 0.1) is 5.21 Å². The molecule has 0 aliphatic heterocycles. The van der Waals surface area contributed by atoms with Crippen LogP contribution in [0.4, 0.5) is 5.69 Å². The fourth-order valence-corrected chi connectivity index (χ4v) is 2.15. The molecule has 0 amide bonds. The van der Waals surface area contributed by atoms with Gasteiger partial charge in [-0.15, -0.1) is 0 Å². The minimum Gasteiger partial charge on any atom is -0.761 e. The Labute approximate surface area is 127 Å². The Balaban J connectivity index is 2.67. The molecule has 21 heavy (non-hydrogen) atoms. The Morgan fingerprint density at radius 1 is 1.24 bits per heavy atom. The second kappa shape index (κ2) is 6.34. The number of hydrogen-bond donors (Lipinski definition) is 2. The summed E-state index contributed by atoms with van der Waals surface area (Å²) in [5, 5.41) is 11.0. The number of carbonyl (C=O) groups is 1. The molecule has 0 spiro atoms. The highest BCUT2D eigenvalue weighted by molar-refractivity contribution is 7.80. The van der Waals surface area contributed by atoms with E-state index in [9.17, 15) is 10.0 Å². The van der Waals surface area contributed by atoms with E-state index in [1.807, 2.05) is 5.48 Å². The first-order chi connectivity index (χ1) is 10.1. The number of thiocarbonyl (C=S) groups is 1. The van der Waals surface area contributed by atoms with Gasteiger partial charge in [-0.05, 0) is 17.7 Å². The van der Waals surface area contributed by atoms with E-state index < -0.39 is 5.97 Å². The summed E-state index contributed by atoms with van der Waals surface area (Å²) in [6.45, 7) is 0. The number of methoxy groups -OCH3 is 1. The normalized spacial score (nSPS) is 10.0. The van der Waals surface area contributed by atoms with Crippen LogP contribution in [-0.4, -0.2) is 18.1 Å². The van der Waals surface area contributed by atoms with Gasteiger partial charge in [0.25, 0.3) is 0 Å². The number of anilines is 1. The topological polar surface area (TPSA) is 87.4 Å². The zero-order valence-electron chi connectivity index (χ0n) is 11.3. The van der Waals surface area contributed by atoms with Gasteiger partial charge in [0.05, 0.1) is 12.7 Å². The van der Waals surface area contributed by atoms with Crippen molar-refractivity contribution in [2.75, 3.05) is 12.6 Å². The molecule has 0 radical (unpaired) electrons. The summed E-state index contributed by atoms with van der Waals surface area (Å²) in [5.74, 6) is -0.524. The number of hydrogen-bond acceptors (Lipinski definition) is 5. The molecule has 0 aliphatic rings. The number of rotatable bonds is 4. The molecule has 2 rings (SSSR count). The van der Waals surface area contributed by atoms with Gasteiger partial charge in [-0.3, -0.25) is 0 Å². The highest BCUT2D eigenvalue weighted by atomic mass is 32.1. The number of para-hydroxylation sites is 1. The summed E-state index contributed by atoms with van der Waals surface area (Å²) >= 11 is 4.92. The van der Waals surface area contributed by atoms with Crippen LogP contribution >= 0.6 is 12.2 Å². The number of esters is 1. The van der Waals surface area contributed by atoms with Gasteiger partial charge < -0.3 is 21.2 Å². The maximum atomic E-state index is 12.0. The van der Waals surface area contributed by atoms with Crippen molar-refractivity contribution in [1.82, 2.24) is 0 Å². The van der Waals surface area contributed by atoms with Gasteiger partial charge in [0.1, 0.15) is 4.99 Å². The number of nitrogens with one attached hydrogen (secondary N) is 1. The average Bonchev–Trinajstić information content (AvgIpc) is 2.53. The standard InChI is InChI=1S/C15H13N2O3S/c1-20-15(18)12-8-9(14(16)21)6-7-10(12)11-4-2-3-5-13(11)17-19/h2-8,17H,1H3,(H2,16,21)/q-1. The summed E-state index contributed by atoms with van der Waals surface area (Å²) in [5.41, 5.74) is 9.84. The lowest BCUT2D eigenvalue weighted by Gasteiger charge is -2.17. The molecule has 5 nitrogen and oxygen atoms in total. The summed E-state index contributed by atoms with van der Waals surface area (Å²) in [6, 6.07) is 11.8. The van der Waals surface area contributed by atoms with E-state index in [0.717, 1.165) is 0 Å². The molecule has 0 saturated carbocycles. The van der Waals surface area contributed by atoms with Crippen molar-refractivity contribution >= 4 is 28.9 Å². The first-order valence-electron chi connectivity index (χ1n) is 6.08. The zero-order valence-corrected chi connectivity index (χ0v) is 12.1. The Bertz CT molecular complexity index is 701. The Morgan fingerprint density at radius 2 is 1.95 bits per heavy atom. The third-order valence-corrected chi connectivity index (χ3v) is 3.27. The quantitative estimate of drug-likeness (QED) is 0.513. The third kappa shape index (κ3) is 3.01. The van der Waals surface area contributed by atoms with Crippen molar-refractivity contribution in [1.29, 1.82) is 0 Å². The van der Waals surface area contributed by atoms with E-state index in [2.05, 4.69) is 0 Å². The zero-order chi connectivity index (χ0) is 15.4. The molecule has 2 aromatic carbocycles. The molecule has 0 aromatic heterocycles. The van der Waals surface area contributed by atoms with Crippen molar-refractivity contribution in [2.45, 2.75) is 0 Å². The molecule has 0 bridgehead atoms. The molecular formula is C15H13N2O3S-. The molecule has 0 aliphatic carbocycles. The fourth-order valence-electron chi connectivity index (χ4n) is 2.02. The van der Waals surface area contributed by atoms with Crippen LogP contribution in [0.25, 0.3) is 11.1 Å². The van der Waals surface area contributed by atoms with Crippen LogP contribution in [0.1, 0.15) is 15.9 Å². The summed E-state index contributed by atoms with van der Waals surface area (Å²) in [4.78, 5) is 12.2. The first-order valence-corrected chi connectivity index (χ1v) is 6.49. The molecule has 0 unspecified atom stereocenters. The Morgan fingerprint density at radius 3 is 2.57 bits per heavy atom. The van der Waals surface area contributed by atoms with Gasteiger partial charge in [0.15, 0.2) is 0 Å². The number of benzene rings is 2. The SMILES string of the molecule is COC(=O)c1cc(C(N)=S)ccc1-c1ccccc1N[O-]. The van der Waals surface area contributed by atoms with Crippen LogP contribution in [0.2, 0.25) is 0 Å². The van der Waals surface area contributed by atoms with Crippen LogP contribution in [0.3, 0.4) is 0 Å². The van der Waals surface area contributed by atoms with Gasteiger partial charge in [0, 0.05) is 16.8 Å². The molecule has 0 fully saturated rings. The lowest BCUT2D eigenvalue weighted by molar-refractivity contribution is 0.0601. The smallest absolute Gasteiger partial charge is 0.338 e. The van der Waals surface area contributed by atoms with Crippen LogP contribution < -0.4 is 11.2 Å². The van der Waals surface area contributed by atoms with Crippen molar-refractivity contribution in [2.24, 2.45) is 5.73 Å². The lowest BCUT2D eigenvalue weighted by atomic mass is 9.96. The molecular weight excluding hydrogens is 288 g/mol. The number of ether oxygens (including phenoxy) is 1. The van der Waals surface area contributed by atoms with E-state index in [1.165, 1.54) is 7.11 Å². The van der Waals surface area contributed by atoms with Gasteiger partial charge in [-0.2, -0.15) is 0 Å². The molecule has 3 N–H and O–H groups in total. The predicted molar refractivity (Wildman–Crippen MR) is 86.1 cm³/mol. The van der Waals surface area contributed by atoms with Gasteiger partial charge in [0.2, 0.25) is 0 Å². The lowest BCUT2D eigenvalue weighted by Crippen LogP contribution is -2.12. The van der Waals surface area contributed by atoms with Crippen LogP contribution in [-0.2, 0) is 4.74 Å². The number of nitrogens with two attached hydrogens (primary N) is 1. The predicted octanol–water partition coefficient (Wildman–Crippen LogP) is 2.68. The summed E-state index contributed by atoms with van der Waals surface area (Å²) in [7, 11) is 1.29.